The number of para-hydroxylation sites is 1. The fraction of sp³-hybridized carbons (Fsp3) is 0.476. The van der Waals surface area contributed by atoms with E-state index in [1.807, 2.05) is 24.4 Å². The van der Waals surface area contributed by atoms with Crippen molar-refractivity contribution in [2.24, 2.45) is 0 Å². The summed E-state index contributed by atoms with van der Waals surface area (Å²) in [4.78, 5) is 23.4. The number of nitriles is 1. The van der Waals surface area contributed by atoms with Gasteiger partial charge in [0.05, 0.1) is 18.1 Å². The second-order valence-electron chi connectivity index (χ2n) is 7.51. The molecule has 140 valence electrons. The van der Waals surface area contributed by atoms with Crippen LogP contribution in [0.3, 0.4) is 0 Å². The van der Waals surface area contributed by atoms with Gasteiger partial charge in [-0.05, 0) is 31.4 Å². The summed E-state index contributed by atoms with van der Waals surface area (Å²) in [5.41, 5.74) is 2.19. The molecule has 0 N–H and O–H groups in total. The third-order valence-corrected chi connectivity index (χ3v) is 5.88. The Morgan fingerprint density at radius 2 is 2.15 bits per heavy atom. The number of pyridine rings is 1. The van der Waals surface area contributed by atoms with Gasteiger partial charge in [-0.2, -0.15) is 5.26 Å². The number of benzene rings is 1. The first-order valence-corrected chi connectivity index (χ1v) is 9.65. The van der Waals surface area contributed by atoms with Gasteiger partial charge in [-0.25, -0.2) is 0 Å². The molecule has 2 aliphatic rings. The number of carbonyl (C=O) groups is 1. The quantitative estimate of drug-likeness (QED) is 0.834. The minimum Gasteiger partial charge on any atom is -0.370 e. The first kappa shape index (κ1) is 17.7. The number of anilines is 1. The lowest BCUT2D eigenvalue weighted by atomic mass is 10.1. The van der Waals surface area contributed by atoms with Crippen molar-refractivity contribution in [1.82, 2.24) is 14.8 Å². The Morgan fingerprint density at radius 3 is 3.00 bits per heavy atom. The Morgan fingerprint density at radius 1 is 1.30 bits per heavy atom. The van der Waals surface area contributed by atoms with E-state index < -0.39 is 0 Å². The van der Waals surface area contributed by atoms with Crippen LogP contribution in [0, 0.1) is 11.3 Å². The van der Waals surface area contributed by atoms with Gasteiger partial charge in [-0.1, -0.05) is 18.2 Å². The number of likely N-dealkylation sites (tertiary alicyclic amines) is 2. The van der Waals surface area contributed by atoms with E-state index in [9.17, 15) is 10.1 Å². The smallest absolute Gasteiger partial charge is 0.237 e. The van der Waals surface area contributed by atoms with Crippen LogP contribution < -0.4 is 4.90 Å². The Balaban J connectivity index is 1.42. The standard InChI is InChI=1S/C21H25N5O/c1-24(20-8-10-23-19-7-3-2-6-18(19)20)17-9-12-25(14-17)15-21(27)26-11-4-5-16(26)13-22/h2-3,6-8,10,16-17H,4-5,9,11-12,14-15H2,1H3/t16-,17-/m0/s1. The molecular weight excluding hydrogens is 338 g/mol. The molecule has 0 saturated carbocycles. The van der Waals surface area contributed by atoms with Crippen LogP contribution in [0.1, 0.15) is 19.3 Å². The van der Waals surface area contributed by atoms with Crippen LogP contribution in [0.15, 0.2) is 36.5 Å². The molecule has 27 heavy (non-hydrogen) atoms. The maximum absolute atomic E-state index is 12.6. The molecule has 1 aromatic carbocycles. The zero-order valence-corrected chi connectivity index (χ0v) is 15.7. The highest BCUT2D eigenvalue weighted by atomic mass is 16.2. The van der Waals surface area contributed by atoms with Gasteiger partial charge in [0.2, 0.25) is 5.91 Å². The van der Waals surface area contributed by atoms with E-state index >= 15 is 0 Å². The van der Waals surface area contributed by atoms with Crippen molar-refractivity contribution in [1.29, 1.82) is 5.26 Å². The van der Waals surface area contributed by atoms with E-state index in [1.54, 1.807) is 4.90 Å². The third-order valence-electron chi connectivity index (χ3n) is 5.88. The predicted molar refractivity (Wildman–Crippen MR) is 105 cm³/mol. The van der Waals surface area contributed by atoms with E-state index in [2.05, 4.69) is 40.0 Å². The molecule has 6 nitrogen and oxygen atoms in total. The lowest BCUT2D eigenvalue weighted by molar-refractivity contribution is -0.132. The molecular formula is C21H25N5O. The fourth-order valence-electron chi connectivity index (χ4n) is 4.34. The van der Waals surface area contributed by atoms with Crippen LogP contribution in [0.25, 0.3) is 10.9 Å². The van der Waals surface area contributed by atoms with Gasteiger partial charge < -0.3 is 9.80 Å². The van der Waals surface area contributed by atoms with Crippen molar-refractivity contribution in [2.75, 3.05) is 38.1 Å². The number of rotatable bonds is 4. The zero-order chi connectivity index (χ0) is 18.8. The number of hydrogen-bond acceptors (Lipinski definition) is 5. The monoisotopic (exact) mass is 363 g/mol. The van der Waals surface area contributed by atoms with Gasteiger partial charge in [0.1, 0.15) is 6.04 Å². The van der Waals surface area contributed by atoms with Crippen LogP contribution in [0.4, 0.5) is 5.69 Å². The molecule has 4 rings (SSSR count). The summed E-state index contributed by atoms with van der Waals surface area (Å²) in [5.74, 6) is 0.0942. The maximum atomic E-state index is 12.6. The highest BCUT2D eigenvalue weighted by Crippen LogP contribution is 2.28. The summed E-state index contributed by atoms with van der Waals surface area (Å²) in [6.07, 6.45) is 4.63. The van der Waals surface area contributed by atoms with Crippen LogP contribution in [0.2, 0.25) is 0 Å². The summed E-state index contributed by atoms with van der Waals surface area (Å²) >= 11 is 0. The number of carbonyl (C=O) groups excluding carboxylic acids is 1. The van der Waals surface area contributed by atoms with E-state index in [0.717, 1.165) is 49.8 Å². The lowest BCUT2D eigenvalue weighted by Gasteiger charge is -2.28. The van der Waals surface area contributed by atoms with E-state index in [-0.39, 0.29) is 11.9 Å². The molecule has 2 atom stereocenters. The van der Waals surface area contributed by atoms with E-state index in [1.165, 1.54) is 5.69 Å². The van der Waals surface area contributed by atoms with Gasteiger partial charge in [-0.15, -0.1) is 0 Å². The Labute approximate surface area is 160 Å². The lowest BCUT2D eigenvalue weighted by Crippen LogP contribution is -2.42. The summed E-state index contributed by atoms with van der Waals surface area (Å²) in [7, 11) is 2.13. The molecule has 0 unspecified atom stereocenters. The zero-order valence-electron chi connectivity index (χ0n) is 15.7. The van der Waals surface area contributed by atoms with Crippen LogP contribution in [-0.2, 0) is 4.79 Å². The summed E-state index contributed by atoms with van der Waals surface area (Å²) in [6.45, 7) is 2.91. The number of likely N-dealkylation sites (N-methyl/N-ethyl adjacent to an activating group) is 1. The van der Waals surface area contributed by atoms with Gasteiger partial charge in [-0.3, -0.25) is 14.7 Å². The number of aromatic nitrogens is 1. The van der Waals surface area contributed by atoms with Crippen LogP contribution in [0.5, 0.6) is 0 Å². The Kier molecular flexibility index (Phi) is 4.95. The second kappa shape index (κ2) is 7.53. The number of hydrogen-bond donors (Lipinski definition) is 0. The van der Waals surface area contributed by atoms with E-state index in [0.29, 0.717) is 12.6 Å². The molecule has 0 spiro atoms. The van der Waals surface area contributed by atoms with Crippen LogP contribution in [-0.4, -0.2) is 66.0 Å². The van der Waals surface area contributed by atoms with Crippen LogP contribution >= 0.6 is 0 Å². The van der Waals surface area contributed by atoms with Crippen molar-refractivity contribution < 1.29 is 4.79 Å². The maximum Gasteiger partial charge on any atom is 0.237 e. The molecule has 1 aromatic heterocycles. The second-order valence-corrected chi connectivity index (χ2v) is 7.51. The summed E-state index contributed by atoms with van der Waals surface area (Å²) in [5, 5.41) is 10.4. The average molecular weight is 363 g/mol. The fourth-order valence-corrected chi connectivity index (χ4v) is 4.34. The SMILES string of the molecule is CN(c1ccnc2ccccc12)[C@H]1CCN(CC(=O)N2CCC[C@H]2C#N)C1. The molecule has 1 amide bonds. The molecule has 2 aromatic rings. The van der Waals surface area contributed by atoms with Gasteiger partial charge >= 0.3 is 0 Å². The Hall–Kier alpha value is -2.65. The highest BCUT2D eigenvalue weighted by Gasteiger charge is 2.32. The van der Waals surface area contributed by atoms with E-state index in [4.69, 9.17) is 0 Å². The van der Waals surface area contributed by atoms with Gasteiger partial charge in [0.15, 0.2) is 0 Å². The van der Waals surface area contributed by atoms with Crippen molar-refractivity contribution in [3.05, 3.63) is 36.5 Å². The molecule has 3 heterocycles. The van der Waals surface area contributed by atoms with Crippen molar-refractivity contribution in [3.8, 4) is 6.07 Å². The molecule has 0 bridgehead atoms. The number of fused-ring (bicyclic) bond motifs is 1. The molecule has 6 heteroatoms. The highest BCUT2D eigenvalue weighted by molar-refractivity contribution is 5.91. The molecule has 0 aliphatic carbocycles. The minimum atomic E-state index is -0.234. The Bertz CT molecular complexity index is 871. The van der Waals surface area contributed by atoms with Crippen molar-refractivity contribution in [2.45, 2.75) is 31.3 Å². The van der Waals surface area contributed by atoms with Crippen molar-refractivity contribution in [3.63, 3.8) is 0 Å². The molecule has 2 saturated heterocycles. The number of amides is 1. The normalized spacial score (nSPS) is 22.9. The van der Waals surface area contributed by atoms with Gasteiger partial charge in [0, 0.05) is 50.0 Å². The largest absolute Gasteiger partial charge is 0.370 e. The first-order valence-electron chi connectivity index (χ1n) is 9.65. The third kappa shape index (κ3) is 3.47. The topological polar surface area (TPSA) is 63.5 Å². The van der Waals surface area contributed by atoms with Gasteiger partial charge in [0.25, 0.3) is 0 Å². The van der Waals surface area contributed by atoms with Crippen molar-refractivity contribution >= 4 is 22.5 Å². The molecule has 2 aliphatic heterocycles. The predicted octanol–water partition coefficient (Wildman–Crippen LogP) is 2.26. The molecule has 0 radical (unpaired) electrons. The summed E-state index contributed by atoms with van der Waals surface area (Å²) < 4.78 is 0. The minimum absolute atomic E-state index is 0.0942. The first-order chi connectivity index (χ1) is 13.2. The summed E-state index contributed by atoms with van der Waals surface area (Å²) in [6, 6.07) is 12.7. The number of nitrogens with zero attached hydrogens (tertiary/aromatic N) is 5. The average Bonchev–Trinajstić information content (AvgIpc) is 3.36. The molecule has 2 fully saturated rings.